The molecule has 0 radical (unpaired) electrons. The Bertz CT molecular complexity index is 779. The normalized spacial score (nSPS) is 10.6. The molecule has 0 saturated heterocycles. The molecule has 0 aliphatic heterocycles. The van der Waals surface area contributed by atoms with Crippen molar-refractivity contribution in [1.82, 2.24) is 24.7 Å². The molecule has 0 atom stereocenters. The largest absolute Gasteiger partial charge is 0.421 e. The van der Waals surface area contributed by atoms with Crippen molar-refractivity contribution in [3.05, 3.63) is 46.9 Å². The summed E-state index contributed by atoms with van der Waals surface area (Å²) in [5.74, 6) is -0.446. The molecule has 106 valence electrons. The second kappa shape index (κ2) is 5.44. The SMILES string of the molecule is Nc1nc(Oc2cc(Br)ccc2F)nc(-n2cccn2)n1. The molecule has 9 heteroatoms. The van der Waals surface area contributed by atoms with Crippen LogP contribution in [0, 0.1) is 5.82 Å². The Hall–Kier alpha value is -2.55. The van der Waals surface area contributed by atoms with Crippen LogP contribution < -0.4 is 10.5 Å². The highest BCUT2D eigenvalue weighted by molar-refractivity contribution is 9.10. The monoisotopic (exact) mass is 350 g/mol. The van der Waals surface area contributed by atoms with Crippen LogP contribution in [0.25, 0.3) is 5.95 Å². The summed E-state index contributed by atoms with van der Waals surface area (Å²) < 4.78 is 21.0. The van der Waals surface area contributed by atoms with Crippen LogP contribution in [-0.2, 0) is 0 Å². The Balaban J connectivity index is 1.97. The summed E-state index contributed by atoms with van der Waals surface area (Å²) in [4.78, 5) is 11.8. The van der Waals surface area contributed by atoms with E-state index in [2.05, 4.69) is 36.0 Å². The van der Waals surface area contributed by atoms with Crippen molar-refractivity contribution in [2.45, 2.75) is 0 Å². The average Bonchev–Trinajstić information content (AvgIpc) is 2.96. The van der Waals surface area contributed by atoms with Crippen molar-refractivity contribution in [2.24, 2.45) is 0 Å². The number of benzene rings is 1. The van der Waals surface area contributed by atoms with Gasteiger partial charge in [-0.05, 0) is 24.3 Å². The third kappa shape index (κ3) is 2.97. The summed E-state index contributed by atoms with van der Waals surface area (Å²) in [5, 5.41) is 3.98. The minimum absolute atomic E-state index is 0.0265. The zero-order valence-corrected chi connectivity index (χ0v) is 12.0. The van der Waals surface area contributed by atoms with Crippen LogP contribution in [0.4, 0.5) is 10.3 Å². The van der Waals surface area contributed by atoms with E-state index < -0.39 is 5.82 Å². The van der Waals surface area contributed by atoms with Gasteiger partial charge in [0.15, 0.2) is 11.6 Å². The van der Waals surface area contributed by atoms with Crippen LogP contribution in [0.1, 0.15) is 0 Å². The van der Waals surface area contributed by atoms with Crippen LogP contribution in [0.15, 0.2) is 41.1 Å². The van der Waals surface area contributed by atoms with Crippen LogP contribution in [0.3, 0.4) is 0 Å². The number of rotatable bonds is 3. The zero-order valence-electron chi connectivity index (χ0n) is 10.4. The lowest BCUT2D eigenvalue weighted by molar-refractivity contribution is 0.408. The van der Waals surface area contributed by atoms with Gasteiger partial charge in [-0.15, -0.1) is 0 Å². The number of nitrogen functional groups attached to an aromatic ring is 1. The quantitative estimate of drug-likeness (QED) is 0.779. The number of ether oxygens (including phenoxy) is 1. The molecule has 0 amide bonds. The molecule has 0 aliphatic carbocycles. The topological polar surface area (TPSA) is 91.7 Å². The van der Waals surface area contributed by atoms with E-state index in [-0.39, 0.29) is 23.7 Å². The number of nitrogens with zero attached hydrogens (tertiary/aromatic N) is 5. The smallest absolute Gasteiger partial charge is 0.328 e. The average molecular weight is 351 g/mol. The molecular formula is C12H8BrFN6O. The fraction of sp³-hybridized carbons (Fsp3) is 0. The van der Waals surface area contributed by atoms with E-state index >= 15 is 0 Å². The van der Waals surface area contributed by atoms with E-state index in [1.807, 2.05) is 0 Å². The van der Waals surface area contributed by atoms with Crippen molar-refractivity contribution in [3.8, 4) is 17.7 Å². The van der Waals surface area contributed by atoms with E-state index in [0.29, 0.717) is 4.47 Å². The third-order valence-electron chi connectivity index (χ3n) is 2.42. The van der Waals surface area contributed by atoms with Crippen LogP contribution >= 0.6 is 15.9 Å². The first kappa shape index (κ1) is 13.4. The summed E-state index contributed by atoms with van der Waals surface area (Å²) in [6, 6.07) is 5.86. The van der Waals surface area contributed by atoms with E-state index in [9.17, 15) is 4.39 Å². The maximum Gasteiger partial charge on any atom is 0.328 e. The standard InChI is InChI=1S/C12H8BrFN6O/c13-7-2-3-8(14)9(6-7)21-12-18-10(15)17-11(19-12)20-5-1-4-16-20/h1-6H,(H2,15,17,18,19). The first-order chi connectivity index (χ1) is 10.1. The predicted octanol–water partition coefficient (Wildman–Crippen LogP) is 2.33. The first-order valence-electron chi connectivity index (χ1n) is 5.76. The first-order valence-corrected chi connectivity index (χ1v) is 6.55. The number of aromatic nitrogens is 5. The van der Waals surface area contributed by atoms with Crippen molar-refractivity contribution in [3.63, 3.8) is 0 Å². The Kier molecular flexibility index (Phi) is 3.48. The maximum absolute atomic E-state index is 13.7. The molecule has 0 spiro atoms. The molecule has 0 saturated carbocycles. The van der Waals surface area contributed by atoms with E-state index in [1.165, 1.54) is 16.8 Å². The van der Waals surface area contributed by atoms with Crippen molar-refractivity contribution in [2.75, 3.05) is 5.73 Å². The molecule has 0 fully saturated rings. The van der Waals surface area contributed by atoms with Crippen LogP contribution in [0.2, 0.25) is 0 Å². The molecule has 0 bridgehead atoms. The fourth-order valence-corrected chi connectivity index (χ4v) is 1.89. The van der Waals surface area contributed by atoms with Crippen LogP contribution in [-0.4, -0.2) is 24.7 Å². The second-order valence-corrected chi connectivity index (χ2v) is 4.82. The lowest BCUT2D eigenvalue weighted by Crippen LogP contribution is -2.08. The summed E-state index contributed by atoms with van der Waals surface area (Å²) in [6.45, 7) is 0. The lowest BCUT2D eigenvalue weighted by atomic mass is 10.3. The van der Waals surface area contributed by atoms with Gasteiger partial charge >= 0.3 is 6.01 Å². The Morgan fingerprint density at radius 1 is 1.24 bits per heavy atom. The molecule has 3 aromatic rings. The Morgan fingerprint density at radius 2 is 2.10 bits per heavy atom. The summed E-state index contributed by atoms with van der Waals surface area (Å²) >= 11 is 3.23. The van der Waals surface area contributed by atoms with E-state index in [1.54, 1.807) is 24.5 Å². The molecule has 21 heavy (non-hydrogen) atoms. The van der Waals surface area contributed by atoms with Gasteiger partial charge in [0.25, 0.3) is 5.95 Å². The highest BCUT2D eigenvalue weighted by Gasteiger charge is 2.11. The zero-order chi connectivity index (χ0) is 14.8. The van der Waals surface area contributed by atoms with Crippen LogP contribution in [0.5, 0.6) is 11.8 Å². The van der Waals surface area contributed by atoms with Gasteiger partial charge in [-0.3, -0.25) is 0 Å². The number of nitrogens with two attached hydrogens (primary N) is 1. The molecule has 2 aromatic heterocycles. The van der Waals surface area contributed by atoms with Gasteiger partial charge in [0.2, 0.25) is 5.95 Å². The van der Waals surface area contributed by atoms with E-state index in [0.717, 1.165) is 0 Å². The van der Waals surface area contributed by atoms with Gasteiger partial charge < -0.3 is 10.5 Å². The molecule has 2 heterocycles. The lowest BCUT2D eigenvalue weighted by Gasteiger charge is -2.07. The molecule has 0 aliphatic rings. The van der Waals surface area contributed by atoms with Crippen molar-refractivity contribution in [1.29, 1.82) is 0 Å². The highest BCUT2D eigenvalue weighted by Crippen LogP contribution is 2.26. The third-order valence-corrected chi connectivity index (χ3v) is 2.92. The minimum Gasteiger partial charge on any atom is -0.421 e. The number of hydrogen-bond acceptors (Lipinski definition) is 6. The number of hydrogen-bond donors (Lipinski definition) is 1. The van der Waals surface area contributed by atoms with Crippen molar-refractivity contribution >= 4 is 21.9 Å². The molecule has 0 unspecified atom stereocenters. The van der Waals surface area contributed by atoms with Gasteiger partial charge in [-0.1, -0.05) is 15.9 Å². The predicted molar refractivity (Wildman–Crippen MR) is 75.5 cm³/mol. The van der Waals surface area contributed by atoms with Gasteiger partial charge in [0.1, 0.15) is 0 Å². The maximum atomic E-state index is 13.7. The van der Waals surface area contributed by atoms with E-state index in [4.69, 9.17) is 10.5 Å². The molecule has 2 N–H and O–H groups in total. The van der Waals surface area contributed by atoms with Gasteiger partial charge in [-0.2, -0.15) is 20.1 Å². The van der Waals surface area contributed by atoms with Crippen molar-refractivity contribution < 1.29 is 9.13 Å². The fourth-order valence-electron chi connectivity index (χ4n) is 1.55. The van der Waals surface area contributed by atoms with Gasteiger partial charge in [0, 0.05) is 16.9 Å². The highest BCUT2D eigenvalue weighted by atomic mass is 79.9. The Labute approximate surface area is 126 Å². The number of halogens is 2. The molecule has 1 aromatic carbocycles. The molecule has 3 rings (SSSR count). The van der Waals surface area contributed by atoms with Gasteiger partial charge in [-0.25, -0.2) is 9.07 Å². The molecular weight excluding hydrogens is 343 g/mol. The summed E-state index contributed by atoms with van der Waals surface area (Å²) in [7, 11) is 0. The van der Waals surface area contributed by atoms with Gasteiger partial charge in [0.05, 0.1) is 0 Å². The summed E-state index contributed by atoms with van der Waals surface area (Å²) in [6.07, 6.45) is 3.20. The second-order valence-electron chi connectivity index (χ2n) is 3.90. The summed E-state index contributed by atoms with van der Waals surface area (Å²) in [5.41, 5.74) is 5.60. The minimum atomic E-state index is -0.544. The Morgan fingerprint density at radius 3 is 2.86 bits per heavy atom. The number of anilines is 1. The molecule has 7 nitrogen and oxygen atoms in total.